The topological polar surface area (TPSA) is 114 Å². The van der Waals surface area contributed by atoms with Crippen LogP contribution in [0.25, 0.3) is 0 Å². The monoisotopic (exact) mass is 388 g/mol. The molecule has 0 radical (unpaired) electrons. The van der Waals surface area contributed by atoms with Crippen molar-refractivity contribution in [3.63, 3.8) is 0 Å². The first-order chi connectivity index (χ1) is 0. The first-order valence-corrected chi connectivity index (χ1v) is 0. The second kappa shape index (κ2) is 53.7. The Morgan fingerprint density at radius 1 is 0.429 bits per heavy atom. The largest absolute Gasteiger partial charge is 4.00 e. The van der Waals surface area contributed by atoms with E-state index in [0.717, 1.165) is 0 Å². The molecular weight excluding hydrogens is 387 g/mol. The molecule has 0 heterocycles. The minimum atomic E-state index is 0. The molecule has 0 rings (SSSR count). The van der Waals surface area contributed by atoms with Crippen molar-refractivity contribution >= 4 is 97.8 Å². The maximum absolute atomic E-state index is 0. The SMILES string of the molecule is [Ba+2].[Ba+2].[O-2].[O-2].[O-2].[O-2].[Ti+4]. The second-order valence-electron chi connectivity index (χ2n) is 0. The molecule has 0 amide bonds. The summed E-state index contributed by atoms with van der Waals surface area (Å²) in [5.74, 6) is 0. The molecule has 0 unspecified atom stereocenters. The Labute approximate surface area is 137 Å². The van der Waals surface area contributed by atoms with Crippen molar-refractivity contribution in [1.82, 2.24) is 0 Å². The predicted octanol–water partition coefficient (Wildman–Crippen LogP) is -1.24. The van der Waals surface area contributed by atoms with E-state index in [1.165, 1.54) is 0 Å². The van der Waals surface area contributed by atoms with Crippen molar-refractivity contribution in [2.24, 2.45) is 0 Å². The van der Waals surface area contributed by atoms with Crippen LogP contribution in [0.4, 0.5) is 0 Å². The summed E-state index contributed by atoms with van der Waals surface area (Å²) < 4.78 is 0. The predicted molar refractivity (Wildman–Crippen MR) is 14.3 cm³/mol. The maximum atomic E-state index is 0. The fraction of sp³-hybridized carbons (Fsp3) is 0. The molecule has 0 fully saturated rings. The van der Waals surface area contributed by atoms with E-state index in [0.29, 0.717) is 0 Å². The standard InChI is InChI=1S/2Ba.4O.Ti/q2*+2;4*-2;+4. The van der Waals surface area contributed by atoms with E-state index < -0.39 is 0 Å². The third-order valence-corrected chi connectivity index (χ3v) is 0. The smallest absolute Gasteiger partial charge is 2.00 e. The van der Waals surface area contributed by atoms with Crippen LogP contribution in [-0.4, -0.2) is 97.8 Å². The van der Waals surface area contributed by atoms with Crippen molar-refractivity contribution in [3.8, 4) is 0 Å². The van der Waals surface area contributed by atoms with E-state index in [1.807, 2.05) is 0 Å². The zero-order valence-electron chi connectivity index (χ0n) is 3.55. The molecule has 0 spiro atoms. The van der Waals surface area contributed by atoms with Gasteiger partial charge in [0.05, 0.1) is 0 Å². The van der Waals surface area contributed by atoms with Gasteiger partial charge < -0.3 is 21.9 Å². The summed E-state index contributed by atoms with van der Waals surface area (Å²) >= 11 is 0. The fourth-order valence-electron chi connectivity index (χ4n) is 0. The Bertz CT molecular complexity index is 9.65. The van der Waals surface area contributed by atoms with Gasteiger partial charge in [-0.05, 0) is 0 Å². The van der Waals surface area contributed by atoms with E-state index in [9.17, 15) is 0 Å². The summed E-state index contributed by atoms with van der Waals surface area (Å²) in [7, 11) is 0. The van der Waals surface area contributed by atoms with Gasteiger partial charge in [-0.1, -0.05) is 0 Å². The quantitative estimate of drug-likeness (QED) is 0.464. The summed E-state index contributed by atoms with van der Waals surface area (Å²) in [6.07, 6.45) is 0. The molecule has 0 atom stereocenters. The molecule has 0 saturated heterocycles. The number of hydrogen-bond acceptors (Lipinski definition) is 0. The van der Waals surface area contributed by atoms with Crippen molar-refractivity contribution < 1.29 is 43.6 Å². The molecule has 4 nitrogen and oxygen atoms in total. The second-order valence-corrected chi connectivity index (χ2v) is 0. The maximum Gasteiger partial charge on any atom is 4.00 e. The van der Waals surface area contributed by atoms with Gasteiger partial charge in [0.25, 0.3) is 0 Å². The van der Waals surface area contributed by atoms with Gasteiger partial charge in [0.15, 0.2) is 0 Å². The summed E-state index contributed by atoms with van der Waals surface area (Å²) in [5.41, 5.74) is 0. The normalized spacial score (nSPS) is 0. The zero-order chi connectivity index (χ0) is 0. The molecule has 0 aliphatic heterocycles. The Morgan fingerprint density at radius 3 is 0.429 bits per heavy atom. The van der Waals surface area contributed by atoms with Crippen LogP contribution >= 0.6 is 0 Å². The average molecular weight is 387 g/mol. The number of rotatable bonds is 0. The fourth-order valence-corrected chi connectivity index (χ4v) is 0. The molecule has 32 valence electrons. The minimum Gasteiger partial charge on any atom is -2.00 e. The Balaban J connectivity index is 0. The van der Waals surface area contributed by atoms with Crippen LogP contribution in [0.1, 0.15) is 0 Å². The van der Waals surface area contributed by atoms with E-state index in [4.69, 9.17) is 0 Å². The van der Waals surface area contributed by atoms with Gasteiger partial charge in [-0.2, -0.15) is 0 Å². The van der Waals surface area contributed by atoms with Crippen molar-refractivity contribution in [2.45, 2.75) is 0 Å². The van der Waals surface area contributed by atoms with Crippen LogP contribution in [0.15, 0.2) is 0 Å². The molecule has 0 aliphatic carbocycles. The summed E-state index contributed by atoms with van der Waals surface area (Å²) in [6, 6.07) is 0. The van der Waals surface area contributed by atoms with E-state index in [1.54, 1.807) is 0 Å². The van der Waals surface area contributed by atoms with Crippen LogP contribution in [0.5, 0.6) is 0 Å². The van der Waals surface area contributed by atoms with Crippen LogP contribution in [-0.2, 0) is 43.6 Å². The van der Waals surface area contributed by atoms with E-state index in [2.05, 4.69) is 0 Å². The van der Waals surface area contributed by atoms with Crippen LogP contribution in [0.2, 0.25) is 0 Å². The third kappa shape index (κ3) is 42.0. The van der Waals surface area contributed by atoms with Crippen LogP contribution in [0.3, 0.4) is 0 Å². The summed E-state index contributed by atoms with van der Waals surface area (Å²) in [6.45, 7) is 0. The molecule has 7 heteroatoms. The van der Waals surface area contributed by atoms with E-state index in [-0.39, 0.29) is 141 Å². The Hall–Kier alpha value is 3.70. The van der Waals surface area contributed by atoms with Crippen molar-refractivity contribution in [1.29, 1.82) is 0 Å². The van der Waals surface area contributed by atoms with Gasteiger partial charge in [0.2, 0.25) is 0 Å². The molecule has 0 aromatic rings. The van der Waals surface area contributed by atoms with Gasteiger partial charge in [0, 0.05) is 0 Å². The van der Waals surface area contributed by atoms with Crippen molar-refractivity contribution in [3.05, 3.63) is 0 Å². The molecule has 0 aliphatic rings. The Morgan fingerprint density at radius 2 is 0.429 bits per heavy atom. The van der Waals surface area contributed by atoms with Gasteiger partial charge in [-0.15, -0.1) is 0 Å². The number of hydrogen-bond donors (Lipinski definition) is 0. The molecule has 0 N–H and O–H groups in total. The van der Waals surface area contributed by atoms with Crippen LogP contribution in [0, 0.1) is 0 Å². The molecular formula is Ba2O4Ti. The van der Waals surface area contributed by atoms with Gasteiger partial charge in [-0.25, -0.2) is 0 Å². The Kier molecular flexibility index (Phi) is 564. The first kappa shape index (κ1) is 73.6. The zero-order valence-corrected chi connectivity index (χ0v) is 14.0. The molecule has 0 bridgehead atoms. The summed E-state index contributed by atoms with van der Waals surface area (Å²) in [5, 5.41) is 0. The third-order valence-electron chi connectivity index (χ3n) is 0. The van der Waals surface area contributed by atoms with Gasteiger partial charge >= 0.3 is 119 Å². The average Bonchev–Trinajstić information content (AvgIpc) is 0. The van der Waals surface area contributed by atoms with Gasteiger partial charge in [0.1, 0.15) is 0 Å². The molecule has 7 heavy (non-hydrogen) atoms. The summed E-state index contributed by atoms with van der Waals surface area (Å²) in [4.78, 5) is 0. The van der Waals surface area contributed by atoms with E-state index >= 15 is 0 Å². The van der Waals surface area contributed by atoms with Gasteiger partial charge in [-0.3, -0.25) is 0 Å². The molecule has 0 aromatic carbocycles. The minimum absolute atomic E-state index is 0. The molecule has 0 saturated carbocycles. The first-order valence-electron chi connectivity index (χ1n) is 0. The van der Waals surface area contributed by atoms with Crippen molar-refractivity contribution in [2.75, 3.05) is 0 Å². The molecule has 0 aromatic heterocycles. The van der Waals surface area contributed by atoms with Crippen LogP contribution < -0.4 is 0 Å².